The number of nitrogens with one attached hydrogen (secondary N) is 1. The summed E-state index contributed by atoms with van der Waals surface area (Å²) < 4.78 is 0. The van der Waals surface area contributed by atoms with Crippen molar-refractivity contribution in [3.8, 4) is 0 Å². The van der Waals surface area contributed by atoms with Gasteiger partial charge in [-0.05, 0) is 12.3 Å². The van der Waals surface area contributed by atoms with E-state index in [4.69, 9.17) is 0 Å². The van der Waals surface area contributed by atoms with Gasteiger partial charge in [0.05, 0.1) is 0 Å². The van der Waals surface area contributed by atoms with Crippen molar-refractivity contribution < 1.29 is 0 Å². The molecule has 0 aromatic carbocycles. The smallest absolute Gasteiger partial charge is 0.107 e. The SMILES string of the molecule is CCC(C)CC(Br)Cc1ncc[nH]1. The highest BCUT2D eigenvalue weighted by atomic mass is 79.9. The predicted molar refractivity (Wildman–Crippen MR) is 59.1 cm³/mol. The van der Waals surface area contributed by atoms with Crippen molar-refractivity contribution in [3.05, 3.63) is 18.2 Å². The zero-order valence-corrected chi connectivity index (χ0v) is 9.84. The Morgan fingerprint density at radius 1 is 1.62 bits per heavy atom. The van der Waals surface area contributed by atoms with E-state index in [0.717, 1.165) is 18.2 Å². The molecule has 0 spiro atoms. The van der Waals surface area contributed by atoms with Crippen molar-refractivity contribution >= 4 is 15.9 Å². The van der Waals surface area contributed by atoms with Gasteiger partial charge in [-0.1, -0.05) is 36.2 Å². The van der Waals surface area contributed by atoms with Crippen LogP contribution in [0.1, 0.15) is 32.5 Å². The van der Waals surface area contributed by atoms with Crippen LogP contribution in [0.25, 0.3) is 0 Å². The molecule has 0 amide bonds. The van der Waals surface area contributed by atoms with E-state index >= 15 is 0 Å². The van der Waals surface area contributed by atoms with Crippen LogP contribution in [0.5, 0.6) is 0 Å². The molecule has 0 aliphatic rings. The minimum Gasteiger partial charge on any atom is -0.349 e. The molecule has 3 heteroatoms. The second-order valence-corrected chi connectivity index (χ2v) is 4.88. The van der Waals surface area contributed by atoms with Crippen molar-refractivity contribution in [3.63, 3.8) is 0 Å². The number of hydrogen-bond acceptors (Lipinski definition) is 1. The standard InChI is InChI=1S/C10H17BrN2/c1-3-8(2)6-9(11)7-10-12-4-5-13-10/h4-5,8-9H,3,6-7H2,1-2H3,(H,12,13). The first-order chi connectivity index (χ1) is 6.22. The number of aromatic nitrogens is 2. The zero-order chi connectivity index (χ0) is 9.68. The Hall–Kier alpha value is -0.310. The Morgan fingerprint density at radius 3 is 2.92 bits per heavy atom. The maximum Gasteiger partial charge on any atom is 0.107 e. The fourth-order valence-electron chi connectivity index (χ4n) is 1.31. The van der Waals surface area contributed by atoms with Gasteiger partial charge < -0.3 is 4.98 Å². The monoisotopic (exact) mass is 244 g/mol. The van der Waals surface area contributed by atoms with E-state index in [2.05, 4.69) is 39.7 Å². The van der Waals surface area contributed by atoms with Crippen molar-refractivity contribution in [1.82, 2.24) is 9.97 Å². The quantitative estimate of drug-likeness (QED) is 0.793. The average molecular weight is 245 g/mol. The highest BCUT2D eigenvalue weighted by Crippen LogP contribution is 2.18. The first-order valence-corrected chi connectivity index (χ1v) is 5.76. The van der Waals surface area contributed by atoms with Crippen molar-refractivity contribution in [2.75, 3.05) is 0 Å². The fourth-order valence-corrected chi connectivity index (χ4v) is 2.25. The Labute approximate surface area is 88.3 Å². The van der Waals surface area contributed by atoms with Gasteiger partial charge in [-0.15, -0.1) is 0 Å². The summed E-state index contributed by atoms with van der Waals surface area (Å²) in [4.78, 5) is 7.87. The second-order valence-electron chi connectivity index (χ2n) is 3.59. The minimum atomic E-state index is 0.550. The molecule has 0 radical (unpaired) electrons. The number of nitrogens with zero attached hydrogens (tertiary/aromatic N) is 1. The molecular formula is C10H17BrN2. The molecule has 0 saturated carbocycles. The lowest BCUT2D eigenvalue weighted by Gasteiger charge is -2.12. The average Bonchev–Trinajstić information content (AvgIpc) is 2.56. The van der Waals surface area contributed by atoms with E-state index in [-0.39, 0.29) is 0 Å². The van der Waals surface area contributed by atoms with Crippen LogP contribution in [-0.2, 0) is 6.42 Å². The van der Waals surface area contributed by atoms with E-state index < -0.39 is 0 Å². The van der Waals surface area contributed by atoms with Gasteiger partial charge >= 0.3 is 0 Å². The summed E-state index contributed by atoms with van der Waals surface area (Å²) in [5.41, 5.74) is 0. The number of aromatic amines is 1. The third-order valence-corrected chi connectivity index (χ3v) is 3.02. The molecule has 0 bridgehead atoms. The van der Waals surface area contributed by atoms with E-state index in [1.165, 1.54) is 12.8 Å². The maximum atomic E-state index is 4.20. The molecule has 2 atom stereocenters. The van der Waals surface area contributed by atoms with Crippen LogP contribution in [0.3, 0.4) is 0 Å². The van der Waals surface area contributed by atoms with Crippen LogP contribution in [0.15, 0.2) is 12.4 Å². The van der Waals surface area contributed by atoms with Crippen molar-refractivity contribution in [2.45, 2.75) is 37.9 Å². The lowest BCUT2D eigenvalue weighted by atomic mass is 10.0. The van der Waals surface area contributed by atoms with E-state index in [9.17, 15) is 0 Å². The highest BCUT2D eigenvalue weighted by Gasteiger charge is 2.10. The number of hydrogen-bond donors (Lipinski definition) is 1. The normalized spacial score (nSPS) is 15.6. The van der Waals surface area contributed by atoms with E-state index in [1.807, 2.05) is 6.20 Å². The van der Waals surface area contributed by atoms with Gasteiger partial charge in [0.25, 0.3) is 0 Å². The third kappa shape index (κ3) is 3.94. The number of halogens is 1. The molecule has 0 aliphatic carbocycles. The first kappa shape index (κ1) is 10.8. The molecule has 1 N–H and O–H groups in total. The molecule has 2 nitrogen and oxygen atoms in total. The molecular weight excluding hydrogens is 228 g/mol. The molecule has 13 heavy (non-hydrogen) atoms. The van der Waals surface area contributed by atoms with Crippen LogP contribution < -0.4 is 0 Å². The van der Waals surface area contributed by atoms with Gasteiger partial charge in [0.2, 0.25) is 0 Å². The second kappa shape index (κ2) is 5.43. The number of imidazole rings is 1. The lowest BCUT2D eigenvalue weighted by Crippen LogP contribution is -2.08. The molecule has 1 aromatic rings. The van der Waals surface area contributed by atoms with Gasteiger partial charge in [0, 0.05) is 23.6 Å². The molecule has 0 saturated heterocycles. The summed E-state index contributed by atoms with van der Waals surface area (Å²) in [7, 11) is 0. The van der Waals surface area contributed by atoms with Gasteiger partial charge in [-0.25, -0.2) is 4.98 Å². The number of alkyl halides is 1. The van der Waals surface area contributed by atoms with E-state index in [1.54, 1.807) is 6.20 Å². The summed E-state index contributed by atoms with van der Waals surface area (Å²) in [5, 5.41) is 0. The summed E-state index contributed by atoms with van der Waals surface area (Å²) in [6, 6.07) is 0. The number of rotatable bonds is 5. The van der Waals surface area contributed by atoms with Crippen molar-refractivity contribution in [2.24, 2.45) is 5.92 Å². The van der Waals surface area contributed by atoms with Gasteiger partial charge in [-0.3, -0.25) is 0 Å². The topological polar surface area (TPSA) is 28.7 Å². The maximum absolute atomic E-state index is 4.20. The Morgan fingerprint density at radius 2 is 2.38 bits per heavy atom. The molecule has 1 aromatic heterocycles. The first-order valence-electron chi connectivity index (χ1n) is 4.84. The minimum absolute atomic E-state index is 0.550. The third-order valence-electron chi connectivity index (χ3n) is 2.32. The summed E-state index contributed by atoms with van der Waals surface area (Å²) in [6.45, 7) is 4.52. The van der Waals surface area contributed by atoms with Crippen molar-refractivity contribution in [1.29, 1.82) is 0 Å². The summed E-state index contributed by atoms with van der Waals surface area (Å²) in [6.07, 6.45) is 7.14. The zero-order valence-electron chi connectivity index (χ0n) is 8.26. The number of H-pyrrole nitrogens is 1. The van der Waals surface area contributed by atoms with Crippen LogP contribution in [0.4, 0.5) is 0 Å². The summed E-state index contributed by atoms with van der Waals surface area (Å²) in [5.74, 6) is 1.87. The van der Waals surface area contributed by atoms with Crippen LogP contribution >= 0.6 is 15.9 Å². The molecule has 1 heterocycles. The van der Waals surface area contributed by atoms with Gasteiger partial charge in [-0.2, -0.15) is 0 Å². The van der Waals surface area contributed by atoms with Gasteiger partial charge in [0.15, 0.2) is 0 Å². The van der Waals surface area contributed by atoms with Crippen LogP contribution in [0, 0.1) is 5.92 Å². The Balaban J connectivity index is 2.29. The van der Waals surface area contributed by atoms with Crippen LogP contribution in [-0.4, -0.2) is 14.8 Å². The molecule has 74 valence electrons. The van der Waals surface area contributed by atoms with E-state index in [0.29, 0.717) is 4.83 Å². The molecule has 1 rings (SSSR count). The Bertz CT molecular complexity index is 221. The van der Waals surface area contributed by atoms with Crippen LogP contribution in [0.2, 0.25) is 0 Å². The molecule has 0 fully saturated rings. The summed E-state index contributed by atoms with van der Waals surface area (Å²) >= 11 is 3.68. The molecule has 0 aliphatic heterocycles. The van der Waals surface area contributed by atoms with Gasteiger partial charge in [0.1, 0.15) is 5.82 Å². The molecule has 2 unspecified atom stereocenters. The largest absolute Gasteiger partial charge is 0.349 e. The lowest BCUT2D eigenvalue weighted by molar-refractivity contribution is 0.504. The highest BCUT2D eigenvalue weighted by molar-refractivity contribution is 9.09. The fraction of sp³-hybridized carbons (Fsp3) is 0.700. The predicted octanol–water partition coefficient (Wildman–Crippen LogP) is 3.15. The Kier molecular flexibility index (Phi) is 4.50.